The van der Waals surface area contributed by atoms with E-state index in [1.54, 1.807) is 10.8 Å². The van der Waals surface area contributed by atoms with Crippen LogP contribution in [-0.2, 0) is 41.9 Å². The van der Waals surface area contributed by atoms with Crippen LogP contribution in [0.1, 0.15) is 37.4 Å². The fourth-order valence-corrected chi connectivity index (χ4v) is 8.94. The second-order valence-electron chi connectivity index (χ2n) is 13.1. The molecule has 2 fully saturated rings. The fourth-order valence-electron chi connectivity index (χ4n) is 7.05. The number of oxime groups is 1. The number of quaternary nitrogens is 1. The summed E-state index contributed by atoms with van der Waals surface area (Å²) in [4.78, 5) is 86.2. The molecule has 0 radical (unpaired) electrons. The van der Waals surface area contributed by atoms with Crippen LogP contribution in [0.4, 0.5) is 5.13 Å². The Morgan fingerprint density at radius 3 is 2.36 bits per heavy atom. The van der Waals surface area contributed by atoms with E-state index in [1.807, 2.05) is 6.92 Å². The molecule has 8 N–H and O–H groups in total. The summed E-state index contributed by atoms with van der Waals surface area (Å²) in [5, 5.41) is 55.9. The monoisotopic (exact) mass is 834 g/mol. The van der Waals surface area contributed by atoms with Crippen LogP contribution < -0.4 is 16.5 Å². The van der Waals surface area contributed by atoms with E-state index < -0.39 is 65.1 Å². The summed E-state index contributed by atoms with van der Waals surface area (Å²) in [5.74, 6) is -6.82. The number of nitrogens with two attached hydrogens (primary N) is 1. The molecule has 0 aliphatic carbocycles. The van der Waals surface area contributed by atoms with Crippen LogP contribution in [-0.4, -0.2) is 182 Å². The molecule has 0 unspecified atom stereocenters. The van der Waals surface area contributed by atoms with Crippen molar-refractivity contribution in [1.29, 1.82) is 0 Å². The molecule has 2 saturated heterocycles. The maximum absolute atomic E-state index is 13.7. The number of aryl methyl sites for hydroxylation is 1. The number of β-lactam (4-membered cyclic amide) rings is 1. The maximum atomic E-state index is 13.7. The molecular weight excluding hydrogens is 797 g/mol. The van der Waals surface area contributed by atoms with Gasteiger partial charge in [0.15, 0.2) is 27.8 Å². The van der Waals surface area contributed by atoms with E-state index in [-0.39, 0.29) is 111 Å². The van der Waals surface area contributed by atoms with Gasteiger partial charge in [0.25, 0.3) is 11.8 Å². The first-order valence-electron chi connectivity index (χ1n) is 16.7. The number of thiazole rings is 1. The van der Waals surface area contributed by atoms with E-state index in [0.29, 0.717) is 40.8 Å². The van der Waals surface area contributed by atoms with Gasteiger partial charge in [-0.3, -0.25) is 24.1 Å². The van der Waals surface area contributed by atoms with Gasteiger partial charge in [-0.15, -0.1) is 23.1 Å². The number of fused-ring (bicyclic) bond motifs is 2. The van der Waals surface area contributed by atoms with Gasteiger partial charge in [-0.1, -0.05) is 5.16 Å². The van der Waals surface area contributed by atoms with Crippen LogP contribution in [0.2, 0.25) is 0 Å². The Hall–Kier alpha value is -3.67. The van der Waals surface area contributed by atoms with Crippen molar-refractivity contribution in [2.75, 3.05) is 31.1 Å². The van der Waals surface area contributed by atoms with Gasteiger partial charge in [-0.2, -0.15) is 0 Å². The quantitative estimate of drug-likeness (QED) is 0.0266. The predicted octanol–water partition coefficient (Wildman–Crippen LogP) is -0.628. The number of phenols is 2. The average molecular weight is 835 g/mol. The molecule has 5 heterocycles. The standard InChI is InChI=1S/C33H35N7O12S2.2Na.2H/c1-2-38-10-15(27(45)17-7-20(41)21(42)8-19(17)38)11-40(5-3-4-6-40)12-16-13-53-30-25(29(47)39(30)26(16)32(50)51)36-28(46)24(18-14-54-33(34)35-18)37-52-22(31(48)49)9-23(43)44;;;;/h7-8,10,14,22,25,30H,2-6,9,11-13H2,1H3,(H7-,34,35,36,37,41,42,43,44,45,46,48,49,50,51);;;;/p+1/t22-,25-,30-;;;;/m1..../s1. The van der Waals surface area contributed by atoms with Gasteiger partial charge in [0.1, 0.15) is 35.9 Å². The summed E-state index contributed by atoms with van der Waals surface area (Å²) in [7, 11) is 0. The van der Waals surface area contributed by atoms with Crippen molar-refractivity contribution in [3.63, 3.8) is 0 Å². The molecule has 2 amide bonds. The predicted molar refractivity (Wildman–Crippen MR) is 207 cm³/mol. The topological polar surface area (TPSA) is 284 Å². The molecule has 3 aliphatic rings. The van der Waals surface area contributed by atoms with E-state index in [2.05, 4.69) is 15.5 Å². The summed E-state index contributed by atoms with van der Waals surface area (Å²) >= 11 is 2.16. The number of nitrogens with one attached hydrogen (secondary N) is 1. The van der Waals surface area contributed by atoms with E-state index >= 15 is 0 Å². The molecule has 3 atom stereocenters. The van der Waals surface area contributed by atoms with Crippen LogP contribution in [0, 0.1) is 0 Å². The normalized spacial score (nSPS) is 19.3. The van der Waals surface area contributed by atoms with Gasteiger partial charge in [0.05, 0.1) is 36.0 Å². The molecule has 1 aromatic carbocycles. The first-order chi connectivity index (χ1) is 25.6. The van der Waals surface area contributed by atoms with Crippen LogP contribution in [0.15, 0.2) is 44.9 Å². The number of carbonyl (C=O) groups is 5. The van der Waals surface area contributed by atoms with Crippen molar-refractivity contribution in [3.05, 3.63) is 56.5 Å². The summed E-state index contributed by atoms with van der Waals surface area (Å²) in [6.45, 7) is 4.12. The number of anilines is 1. The number of carboxylic acids is 3. The summed E-state index contributed by atoms with van der Waals surface area (Å²) < 4.78 is 2.16. The molecule has 6 rings (SSSR count). The number of carbonyl (C=O) groups excluding carboxylic acids is 2. The molecule has 0 bridgehead atoms. The second-order valence-corrected chi connectivity index (χ2v) is 15.1. The van der Waals surface area contributed by atoms with Gasteiger partial charge in [0.2, 0.25) is 6.10 Å². The number of nitrogens with zero attached hydrogens (tertiary/aromatic N) is 5. The van der Waals surface area contributed by atoms with Crippen molar-refractivity contribution in [3.8, 4) is 11.5 Å². The van der Waals surface area contributed by atoms with Crippen molar-refractivity contribution >= 4 is 134 Å². The zero-order valence-electron chi connectivity index (χ0n) is 28.6. The number of hydrogen-bond donors (Lipinski definition) is 7. The minimum atomic E-state index is -1.95. The van der Waals surface area contributed by atoms with Crippen molar-refractivity contribution < 1.29 is 58.8 Å². The molecule has 23 heteroatoms. The number of aromatic nitrogens is 2. The first-order valence-corrected chi connectivity index (χ1v) is 18.6. The number of likely N-dealkylation sites (tertiary alicyclic amines) is 1. The Labute approximate surface area is 370 Å². The summed E-state index contributed by atoms with van der Waals surface area (Å²) in [6, 6.07) is 1.36. The Bertz CT molecular complexity index is 2200. The fraction of sp³-hybridized carbons (Fsp3) is 0.394. The number of nitrogen functional groups attached to an aromatic ring is 1. The van der Waals surface area contributed by atoms with Gasteiger partial charge in [-0.05, 0) is 13.0 Å². The molecule has 0 saturated carbocycles. The Balaban J connectivity index is 0.00000348. The van der Waals surface area contributed by atoms with E-state index in [0.717, 1.165) is 29.1 Å². The summed E-state index contributed by atoms with van der Waals surface area (Å²) in [6.07, 6.45) is 0.461. The van der Waals surface area contributed by atoms with Crippen LogP contribution in [0.3, 0.4) is 0 Å². The average Bonchev–Trinajstić information content (AvgIpc) is 3.77. The minimum absolute atomic E-state index is 0. The molecule has 3 aliphatic heterocycles. The third-order valence-corrected chi connectivity index (χ3v) is 11.6. The Morgan fingerprint density at radius 2 is 1.77 bits per heavy atom. The van der Waals surface area contributed by atoms with E-state index in [4.69, 9.17) is 15.7 Å². The van der Waals surface area contributed by atoms with Gasteiger partial charge < -0.3 is 50.5 Å². The number of phenolic OH excluding ortho intramolecular Hbond substituents is 2. The Kier molecular flexibility index (Phi) is 14.7. The van der Waals surface area contributed by atoms with Gasteiger partial charge in [-0.25, -0.2) is 14.6 Å². The van der Waals surface area contributed by atoms with Crippen molar-refractivity contribution in [2.45, 2.75) is 56.8 Å². The van der Waals surface area contributed by atoms with Crippen LogP contribution in [0.5, 0.6) is 11.5 Å². The number of carboxylic acid groups (broad SMARTS) is 3. The van der Waals surface area contributed by atoms with Crippen molar-refractivity contribution in [1.82, 2.24) is 19.8 Å². The van der Waals surface area contributed by atoms with Crippen LogP contribution in [0.25, 0.3) is 10.9 Å². The zero-order chi connectivity index (χ0) is 39.1. The first kappa shape index (κ1) is 45.0. The van der Waals surface area contributed by atoms with Gasteiger partial charge in [0, 0.05) is 48.4 Å². The van der Waals surface area contributed by atoms with Gasteiger partial charge >= 0.3 is 77.0 Å². The number of aromatic hydroxyl groups is 2. The molecular formula is C33H38N7Na2O12S2+. The van der Waals surface area contributed by atoms with E-state index in [1.165, 1.54) is 29.3 Å². The van der Waals surface area contributed by atoms with E-state index in [9.17, 15) is 49.2 Å². The zero-order valence-corrected chi connectivity index (χ0v) is 30.3. The molecule has 290 valence electrons. The summed E-state index contributed by atoms with van der Waals surface area (Å²) in [5.41, 5.74) is 5.86. The number of pyridine rings is 1. The van der Waals surface area contributed by atoms with Crippen LogP contribution >= 0.6 is 23.1 Å². The Morgan fingerprint density at radius 1 is 1.09 bits per heavy atom. The number of thioether (sulfide) groups is 1. The number of rotatable bonds is 14. The number of benzene rings is 1. The third-order valence-electron chi connectivity index (χ3n) is 9.56. The second kappa shape index (κ2) is 18.3. The molecule has 2 aromatic heterocycles. The number of amides is 2. The molecule has 19 nitrogen and oxygen atoms in total. The molecule has 0 spiro atoms. The SMILES string of the molecule is CCn1cc(C[N+]2(CC3=C(C(=O)O)N4C(=O)[C@@H](NC(=O)/C(=N\O[C@H](CC(=O)O)C(=O)O)c5csc(N)n5)[C@H]4SC3)CCCC2)c(=O)c2cc(O)c(O)cc21.[NaH].[NaH]. The number of hydrogen-bond acceptors (Lipinski definition) is 14. The van der Waals surface area contributed by atoms with Crippen molar-refractivity contribution in [2.24, 2.45) is 5.16 Å². The third kappa shape index (κ3) is 9.05. The number of aliphatic carboxylic acids is 3. The molecule has 56 heavy (non-hydrogen) atoms. The molecule has 3 aromatic rings.